The fourth-order valence-corrected chi connectivity index (χ4v) is 1.01. The van der Waals surface area contributed by atoms with Gasteiger partial charge in [0.15, 0.2) is 0 Å². The Morgan fingerprint density at radius 2 is 1.81 bits per heavy atom. The number of benzene rings is 1. The molecular formula is C9H11N5O2. The molecule has 0 saturated carbocycles. The van der Waals surface area contributed by atoms with Gasteiger partial charge < -0.3 is 11.5 Å². The van der Waals surface area contributed by atoms with Crippen molar-refractivity contribution in [3.63, 3.8) is 0 Å². The fourth-order valence-electron chi connectivity index (χ4n) is 1.01. The molecule has 0 radical (unpaired) electrons. The van der Waals surface area contributed by atoms with Crippen LogP contribution in [0.25, 0.3) is 0 Å². The van der Waals surface area contributed by atoms with E-state index < -0.39 is 4.92 Å². The lowest BCUT2D eigenvalue weighted by Crippen LogP contribution is -2.22. The Balaban J connectivity index is 2.94. The molecule has 84 valence electrons. The van der Waals surface area contributed by atoms with Crippen molar-refractivity contribution >= 4 is 17.4 Å². The van der Waals surface area contributed by atoms with E-state index in [4.69, 9.17) is 11.5 Å². The van der Waals surface area contributed by atoms with Crippen molar-refractivity contribution in [3.8, 4) is 0 Å². The zero-order valence-electron chi connectivity index (χ0n) is 8.62. The summed E-state index contributed by atoms with van der Waals surface area (Å²) < 4.78 is 0. The second-order valence-corrected chi connectivity index (χ2v) is 3.01. The summed E-state index contributed by atoms with van der Waals surface area (Å²) >= 11 is 0. The number of rotatable bonds is 3. The molecule has 0 atom stereocenters. The molecule has 0 aliphatic carbocycles. The van der Waals surface area contributed by atoms with Crippen LogP contribution in [0.5, 0.6) is 0 Å². The van der Waals surface area contributed by atoms with Crippen LogP contribution < -0.4 is 11.5 Å². The Hall–Kier alpha value is -2.44. The van der Waals surface area contributed by atoms with Gasteiger partial charge in [0.2, 0.25) is 5.96 Å². The van der Waals surface area contributed by atoms with Gasteiger partial charge in [0, 0.05) is 12.1 Å². The van der Waals surface area contributed by atoms with E-state index in [0.29, 0.717) is 5.71 Å². The number of hydrogen-bond donors (Lipinski definition) is 2. The van der Waals surface area contributed by atoms with Gasteiger partial charge in [0.05, 0.1) is 10.6 Å². The lowest BCUT2D eigenvalue weighted by atomic mass is 10.1. The first-order valence-corrected chi connectivity index (χ1v) is 4.38. The van der Waals surface area contributed by atoms with E-state index >= 15 is 0 Å². The summed E-state index contributed by atoms with van der Waals surface area (Å²) in [4.78, 5) is 9.95. The SMILES string of the molecule is C/C(=N/N=C(N)N)c1ccc([N+](=O)[O-])cc1. The van der Waals surface area contributed by atoms with Gasteiger partial charge in [-0.3, -0.25) is 10.1 Å². The molecule has 0 saturated heterocycles. The molecule has 0 fully saturated rings. The highest BCUT2D eigenvalue weighted by Crippen LogP contribution is 2.12. The number of guanidine groups is 1. The molecule has 0 unspecified atom stereocenters. The van der Waals surface area contributed by atoms with Gasteiger partial charge in [-0.15, -0.1) is 5.10 Å². The normalized spacial score (nSPS) is 10.9. The van der Waals surface area contributed by atoms with Gasteiger partial charge in [0.1, 0.15) is 0 Å². The van der Waals surface area contributed by atoms with E-state index in [2.05, 4.69) is 10.2 Å². The minimum absolute atomic E-state index is 0.0263. The van der Waals surface area contributed by atoms with E-state index in [1.54, 1.807) is 19.1 Å². The number of nitro groups is 1. The Kier molecular flexibility index (Phi) is 3.54. The van der Waals surface area contributed by atoms with E-state index in [0.717, 1.165) is 5.56 Å². The van der Waals surface area contributed by atoms with Crippen molar-refractivity contribution in [2.75, 3.05) is 0 Å². The molecule has 1 rings (SSSR count). The molecule has 0 amide bonds. The van der Waals surface area contributed by atoms with Crippen LogP contribution in [-0.2, 0) is 0 Å². The average Bonchev–Trinajstić information content (AvgIpc) is 2.26. The molecule has 1 aromatic carbocycles. The molecule has 0 heterocycles. The van der Waals surface area contributed by atoms with Gasteiger partial charge in [-0.25, -0.2) is 0 Å². The zero-order chi connectivity index (χ0) is 12.1. The van der Waals surface area contributed by atoms with Crippen LogP contribution >= 0.6 is 0 Å². The molecule has 0 aromatic heterocycles. The summed E-state index contributed by atoms with van der Waals surface area (Å²) in [5.74, 6) is -0.138. The third-order valence-corrected chi connectivity index (χ3v) is 1.81. The third-order valence-electron chi connectivity index (χ3n) is 1.81. The average molecular weight is 221 g/mol. The molecule has 16 heavy (non-hydrogen) atoms. The topological polar surface area (TPSA) is 120 Å². The van der Waals surface area contributed by atoms with Crippen LogP contribution in [0.15, 0.2) is 34.5 Å². The first-order valence-electron chi connectivity index (χ1n) is 4.38. The summed E-state index contributed by atoms with van der Waals surface area (Å²) in [6.45, 7) is 1.70. The van der Waals surface area contributed by atoms with E-state index in [1.165, 1.54) is 12.1 Å². The van der Waals surface area contributed by atoms with Crippen molar-refractivity contribution in [2.24, 2.45) is 21.7 Å². The van der Waals surface area contributed by atoms with E-state index in [9.17, 15) is 10.1 Å². The lowest BCUT2D eigenvalue weighted by molar-refractivity contribution is -0.384. The Morgan fingerprint density at radius 1 is 1.25 bits per heavy atom. The highest BCUT2D eigenvalue weighted by Gasteiger charge is 2.04. The molecule has 0 bridgehead atoms. The van der Waals surface area contributed by atoms with Crippen LogP contribution in [0.1, 0.15) is 12.5 Å². The number of non-ortho nitro benzene ring substituents is 1. The second kappa shape index (κ2) is 4.87. The maximum absolute atomic E-state index is 10.4. The smallest absolute Gasteiger partial charge is 0.269 e. The van der Waals surface area contributed by atoms with Crippen LogP contribution in [0, 0.1) is 10.1 Å². The molecule has 7 heteroatoms. The summed E-state index contributed by atoms with van der Waals surface area (Å²) in [5.41, 5.74) is 11.5. The van der Waals surface area contributed by atoms with E-state index in [1.807, 2.05) is 0 Å². The summed E-state index contributed by atoms with van der Waals surface area (Å²) in [5, 5.41) is 17.7. The number of nitrogens with zero attached hydrogens (tertiary/aromatic N) is 3. The maximum atomic E-state index is 10.4. The summed E-state index contributed by atoms with van der Waals surface area (Å²) in [6, 6.07) is 5.95. The summed E-state index contributed by atoms with van der Waals surface area (Å²) in [6.07, 6.45) is 0. The highest BCUT2D eigenvalue weighted by atomic mass is 16.6. The first kappa shape index (κ1) is 11.6. The Labute approximate surface area is 91.6 Å². The molecule has 1 aromatic rings. The minimum Gasteiger partial charge on any atom is -0.369 e. The van der Waals surface area contributed by atoms with Gasteiger partial charge in [0.25, 0.3) is 5.69 Å². The van der Waals surface area contributed by atoms with E-state index in [-0.39, 0.29) is 11.6 Å². The van der Waals surface area contributed by atoms with Crippen LogP contribution in [-0.4, -0.2) is 16.6 Å². The molecule has 7 nitrogen and oxygen atoms in total. The second-order valence-electron chi connectivity index (χ2n) is 3.01. The predicted octanol–water partition coefficient (Wildman–Crippen LogP) is 0.592. The zero-order valence-corrected chi connectivity index (χ0v) is 8.62. The fraction of sp³-hybridized carbons (Fsp3) is 0.111. The van der Waals surface area contributed by atoms with Crippen molar-refractivity contribution < 1.29 is 4.92 Å². The van der Waals surface area contributed by atoms with Gasteiger partial charge in [-0.2, -0.15) is 5.10 Å². The lowest BCUT2D eigenvalue weighted by Gasteiger charge is -1.98. The molecule has 0 spiro atoms. The highest BCUT2D eigenvalue weighted by molar-refractivity contribution is 5.99. The van der Waals surface area contributed by atoms with Crippen molar-refractivity contribution in [1.82, 2.24) is 0 Å². The Morgan fingerprint density at radius 3 is 2.25 bits per heavy atom. The Bertz CT molecular complexity index is 445. The largest absolute Gasteiger partial charge is 0.369 e. The number of nitrogens with two attached hydrogens (primary N) is 2. The van der Waals surface area contributed by atoms with Gasteiger partial charge >= 0.3 is 0 Å². The predicted molar refractivity (Wildman–Crippen MR) is 61.1 cm³/mol. The van der Waals surface area contributed by atoms with Crippen LogP contribution in [0.3, 0.4) is 0 Å². The van der Waals surface area contributed by atoms with Gasteiger partial charge in [-0.1, -0.05) is 0 Å². The third kappa shape index (κ3) is 3.05. The van der Waals surface area contributed by atoms with Crippen molar-refractivity contribution in [2.45, 2.75) is 6.92 Å². The monoisotopic (exact) mass is 221 g/mol. The van der Waals surface area contributed by atoms with Gasteiger partial charge in [-0.05, 0) is 24.6 Å². The van der Waals surface area contributed by atoms with Crippen LogP contribution in [0.2, 0.25) is 0 Å². The first-order chi connectivity index (χ1) is 7.50. The standard InChI is InChI=1S/C9H11N5O2/c1-6(12-13-9(10)11)7-2-4-8(5-3-7)14(15)16/h2-5H,1H3,(H4,10,11,13)/b12-6-. The number of nitro benzene ring substituents is 1. The quantitative estimate of drug-likeness (QED) is 0.336. The maximum Gasteiger partial charge on any atom is 0.269 e. The molecule has 0 aliphatic rings. The van der Waals surface area contributed by atoms with Crippen molar-refractivity contribution in [3.05, 3.63) is 39.9 Å². The molecular weight excluding hydrogens is 210 g/mol. The molecule has 4 N–H and O–H groups in total. The summed E-state index contributed by atoms with van der Waals surface area (Å²) in [7, 11) is 0. The number of hydrogen-bond acceptors (Lipinski definition) is 4. The molecule has 0 aliphatic heterocycles. The van der Waals surface area contributed by atoms with Crippen LogP contribution in [0.4, 0.5) is 5.69 Å². The van der Waals surface area contributed by atoms with Crippen molar-refractivity contribution in [1.29, 1.82) is 0 Å². The minimum atomic E-state index is -0.466.